The fourth-order valence-corrected chi connectivity index (χ4v) is 1.51. The fourth-order valence-electron chi connectivity index (χ4n) is 1.51. The monoisotopic (exact) mass is 182 g/mol. The molecular weight excluding hydrogens is 156 g/mol. The van der Waals surface area contributed by atoms with Gasteiger partial charge in [-0.15, -0.1) is 0 Å². The predicted octanol–water partition coefficient (Wildman–Crippen LogP) is 4.95. The van der Waals surface area contributed by atoms with Crippen LogP contribution in [0.4, 0.5) is 0 Å². The highest BCUT2D eigenvalue weighted by molar-refractivity contribution is 4.93. The molecule has 0 aromatic heterocycles. The minimum atomic E-state index is 0.850. The fraction of sp³-hybridized carbons (Fsp3) is 0.846. The highest BCUT2D eigenvalue weighted by Crippen LogP contribution is 2.15. The number of allylic oxidation sites excluding steroid dienone is 1. The van der Waals surface area contributed by atoms with Crippen LogP contribution in [0.2, 0.25) is 0 Å². The highest BCUT2D eigenvalue weighted by Gasteiger charge is 1.97. The van der Waals surface area contributed by atoms with Crippen LogP contribution in [0, 0.1) is 5.92 Å². The molecule has 0 bridgehead atoms. The molecule has 0 rings (SSSR count). The number of rotatable bonds is 8. The summed E-state index contributed by atoms with van der Waals surface area (Å²) >= 11 is 0. The molecule has 0 aliphatic heterocycles. The first-order valence-electron chi connectivity index (χ1n) is 5.83. The lowest BCUT2D eigenvalue weighted by atomic mass is 10.00. The van der Waals surface area contributed by atoms with E-state index in [0.717, 1.165) is 5.92 Å². The molecule has 0 saturated heterocycles. The molecule has 13 heavy (non-hydrogen) atoms. The molecule has 0 radical (unpaired) electrons. The van der Waals surface area contributed by atoms with Crippen molar-refractivity contribution in [3.63, 3.8) is 0 Å². The van der Waals surface area contributed by atoms with E-state index < -0.39 is 0 Å². The molecule has 0 unspecified atom stereocenters. The molecule has 0 aromatic carbocycles. The van der Waals surface area contributed by atoms with E-state index in [1.54, 1.807) is 0 Å². The van der Waals surface area contributed by atoms with Crippen molar-refractivity contribution in [3.8, 4) is 0 Å². The Labute approximate surface area is 84.4 Å². The lowest BCUT2D eigenvalue weighted by Gasteiger charge is -2.06. The number of hydrogen-bond acceptors (Lipinski definition) is 0. The summed E-state index contributed by atoms with van der Waals surface area (Å²) in [5, 5.41) is 0. The topological polar surface area (TPSA) is 0 Å². The maximum absolute atomic E-state index is 4.12. The Morgan fingerprint density at radius 3 is 2.23 bits per heavy atom. The average molecular weight is 182 g/mol. The molecule has 0 heteroatoms. The zero-order valence-corrected chi connectivity index (χ0v) is 9.73. The molecular formula is C13H26. The van der Waals surface area contributed by atoms with Crippen molar-refractivity contribution >= 4 is 0 Å². The van der Waals surface area contributed by atoms with E-state index in [0.29, 0.717) is 0 Å². The first-order chi connectivity index (χ1) is 6.16. The van der Waals surface area contributed by atoms with Crippen molar-refractivity contribution in [2.45, 2.75) is 65.7 Å². The first kappa shape index (κ1) is 12.7. The Hall–Kier alpha value is -0.260. The SMILES string of the molecule is C=C(CCCCC)CCCC(C)C. The largest absolute Gasteiger partial charge is 0.0999 e. The summed E-state index contributed by atoms with van der Waals surface area (Å²) in [7, 11) is 0. The summed E-state index contributed by atoms with van der Waals surface area (Å²) in [5.74, 6) is 0.850. The van der Waals surface area contributed by atoms with Gasteiger partial charge in [0.05, 0.1) is 0 Å². The minimum absolute atomic E-state index is 0.850. The van der Waals surface area contributed by atoms with Gasteiger partial charge in [-0.2, -0.15) is 0 Å². The third-order valence-corrected chi connectivity index (χ3v) is 2.45. The van der Waals surface area contributed by atoms with Gasteiger partial charge in [0.25, 0.3) is 0 Å². The predicted molar refractivity (Wildman–Crippen MR) is 62.0 cm³/mol. The molecule has 0 atom stereocenters. The van der Waals surface area contributed by atoms with Gasteiger partial charge >= 0.3 is 0 Å². The van der Waals surface area contributed by atoms with Crippen LogP contribution in [0.3, 0.4) is 0 Å². The van der Waals surface area contributed by atoms with Crippen molar-refractivity contribution in [1.82, 2.24) is 0 Å². The average Bonchev–Trinajstić information content (AvgIpc) is 2.04. The maximum atomic E-state index is 4.12. The van der Waals surface area contributed by atoms with Crippen LogP contribution in [0.15, 0.2) is 12.2 Å². The standard InChI is InChI=1S/C13H26/c1-5-6-7-10-13(4)11-8-9-12(2)3/h12H,4-11H2,1-3H3. The van der Waals surface area contributed by atoms with Gasteiger partial charge in [0, 0.05) is 0 Å². The van der Waals surface area contributed by atoms with E-state index in [2.05, 4.69) is 27.4 Å². The zero-order chi connectivity index (χ0) is 10.1. The lowest BCUT2D eigenvalue weighted by Crippen LogP contribution is -1.89. The molecule has 0 N–H and O–H groups in total. The van der Waals surface area contributed by atoms with Gasteiger partial charge in [-0.05, 0) is 31.6 Å². The Morgan fingerprint density at radius 1 is 1.08 bits per heavy atom. The second kappa shape index (κ2) is 8.34. The van der Waals surface area contributed by atoms with Crippen molar-refractivity contribution in [2.75, 3.05) is 0 Å². The lowest BCUT2D eigenvalue weighted by molar-refractivity contribution is 0.548. The Balaban J connectivity index is 3.20. The van der Waals surface area contributed by atoms with Crippen LogP contribution in [-0.4, -0.2) is 0 Å². The van der Waals surface area contributed by atoms with E-state index in [4.69, 9.17) is 0 Å². The van der Waals surface area contributed by atoms with E-state index in [-0.39, 0.29) is 0 Å². The molecule has 0 spiro atoms. The Morgan fingerprint density at radius 2 is 1.69 bits per heavy atom. The number of unbranched alkanes of at least 4 members (excludes halogenated alkanes) is 2. The van der Waals surface area contributed by atoms with Gasteiger partial charge in [0.2, 0.25) is 0 Å². The molecule has 0 aliphatic carbocycles. The van der Waals surface area contributed by atoms with E-state index in [1.807, 2.05) is 0 Å². The maximum Gasteiger partial charge on any atom is -0.0323 e. The van der Waals surface area contributed by atoms with Gasteiger partial charge in [0.1, 0.15) is 0 Å². The van der Waals surface area contributed by atoms with Crippen LogP contribution < -0.4 is 0 Å². The summed E-state index contributed by atoms with van der Waals surface area (Å²) in [6, 6.07) is 0. The summed E-state index contributed by atoms with van der Waals surface area (Å²) < 4.78 is 0. The van der Waals surface area contributed by atoms with Crippen molar-refractivity contribution in [2.24, 2.45) is 5.92 Å². The minimum Gasteiger partial charge on any atom is -0.0999 e. The third kappa shape index (κ3) is 9.66. The molecule has 0 saturated carbocycles. The third-order valence-electron chi connectivity index (χ3n) is 2.45. The highest BCUT2D eigenvalue weighted by atomic mass is 14.0. The molecule has 0 aliphatic rings. The van der Waals surface area contributed by atoms with Crippen LogP contribution in [0.5, 0.6) is 0 Å². The molecule has 0 fully saturated rings. The second-order valence-corrected chi connectivity index (χ2v) is 4.49. The normalized spacial score (nSPS) is 10.8. The van der Waals surface area contributed by atoms with Gasteiger partial charge < -0.3 is 0 Å². The van der Waals surface area contributed by atoms with Crippen molar-refractivity contribution in [3.05, 3.63) is 12.2 Å². The first-order valence-corrected chi connectivity index (χ1v) is 5.83. The molecule has 0 nitrogen and oxygen atoms in total. The Bertz CT molecular complexity index is 122. The van der Waals surface area contributed by atoms with Gasteiger partial charge in [-0.3, -0.25) is 0 Å². The van der Waals surface area contributed by atoms with Gasteiger partial charge in [0.15, 0.2) is 0 Å². The summed E-state index contributed by atoms with van der Waals surface area (Å²) in [6.07, 6.45) is 9.22. The van der Waals surface area contributed by atoms with E-state index in [1.165, 1.54) is 50.5 Å². The molecule has 0 heterocycles. The Kier molecular flexibility index (Phi) is 8.18. The van der Waals surface area contributed by atoms with Gasteiger partial charge in [-0.1, -0.05) is 52.2 Å². The number of hydrogen-bond donors (Lipinski definition) is 0. The van der Waals surface area contributed by atoms with E-state index in [9.17, 15) is 0 Å². The van der Waals surface area contributed by atoms with Crippen molar-refractivity contribution in [1.29, 1.82) is 0 Å². The van der Waals surface area contributed by atoms with E-state index >= 15 is 0 Å². The van der Waals surface area contributed by atoms with Crippen LogP contribution in [0.1, 0.15) is 65.7 Å². The quantitative estimate of drug-likeness (QED) is 0.368. The second-order valence-electron chi connectivity index (χ2n) is 4.49. The summed E-state index contributed by atoms with van der Waals surface area (Å²) in [5.41, 5.74) is 1.47. The molecule has 78 valence electrons. The van der Waals surface area contributed by atoms with Crippen LogP contribution in [0.25, 0.3) is 0 Å². The molecule has 0 amide bonds. The van der Waals surface area contributed by atoms with Crippen molar-refractivity contribution < 1.29 is 0 Å². The smallest absolute Gasteiger partial charge is 0.0323 e. The van der Waals surface area contributed by atoms with Crippen LogP contribution in [-0.2, 0) is 0 Å². The summed E-state index contributed by atoms with van der Waals surface area (Å²) in [6.45, 7) is 11.0. The van der Waals surface area contributed by atoms with Gasteiger partial charge in [-0.25, -0.2) is 0 Å². The zero-order valence-electron chi connectivity index (χ0n) is 9.73. The molecule has 0 aromatic rings. The van der Waals surface area contributed by atoms with Crippen LogP contribution >= 0.6 is 0 Å². The summed E-state index contributed by atoms with van der Waals surface area (Å²) in [4.78, 5) is 0.